The first-order valence-electron chi connectivity index (χ1n) is 9.27. The normalized spacial score (nSPS) is 36.6. The molecule has 5 heteroatoms. The van der Waals surface area contributed by atoms with Crippen LogP contribution in [-0.2, 0) is 10.2 Å². The number of urea groups is 1. The van der Waals surface area contributed by atoms with Crippen LogP contribution in [0.4, 0.5) is 4.79 Å². The van der Waals surface area contributed by atoms with Gasteiger partial charge in [0.25, 0.3) is 0 Å². The van der Waals surface area contributed by atoms with Gasteiger partial charge in [0.05, 0.1) is 5.41 Å². The van der Waals surface area contributed by atoms with E-state index in [1.165, 1.54) is 5.56 Å². The quantitative estimate of drug-likeness (QED) is 0.887. The van der Waals surface area contributed by atoms with Crippen molar-refractivity contribution in [3.8, 4) is 0 Å². The van der Waals surface area contributed by atoms with Crippen LogP contribution < -0.4 is 5.32 Å². The average molecular weight is 342 g/mol. The first kappa shape index (κ1) is 16.4. The second-order valence-corrected chi connectivity index (χ2v) is 8.41. The fourth-order valence-electron chi connectivity index (χ4n) is 5.27. The number of fused-ring (bicyclic) bond motifs is 1. The van der Waals surface area contributed by atoms with Gasteiger partial charge in [-0.25, -0.2) is 4.79 Å². The monoisotopic (exact) mass is 342 g/mol. The maximum absolute atomic E-state index is 12.6. The number of likely N-dealkylation sites (tertiary alicyclic amines) is 1. The highest BCUT2D eigenvalue weighted by molar-refractivity contribution is 5.80. The molecule has 1 aliphatic heterocycles. The zero-order valence-electron chi connectivity index (χ0n) is 14.7. The summed E-state index contributed by atoms with van der Waals surface area (Å²) in [7, 11) is 0. The average Bonchev–Trinajstić information content (AvgIpc) is 3.12. The number of carboxylic acids is 1. The highest BCUT2D eigenvalue weighted by Gasteiger charge is 2.56. The second kappa shape index (κ2) is 5.75. The molecule has 0 radical (unpaired) electrons. The van der Waals surface area contributed by atoms with E-state index in [4.69, 9.17) is 0 Å². The van der Waals surface area contributed by atoms with Crippen LogP contribution in [0.25, 0.3) is 0 Å². The summed E-state index contributed by atoms with van der Waals surface area (Å²) in [5.74, 6) is -0.614. The van der Waals surface area contributed by atoms with E-state index in [0.29, 0.717) is 19.5 Å². The first-order chi connectivity index (χ1) is 11.9. The summed E-state index contributed by atoms with van der Waals surface area (Å²) in [6, 6.07) is 10.5. The Morgan fingerprint density at radius 1 is 1.24 bits per heavy atom. The lowest BCUT2D eigenvalue weighted by atomic mass is 9.63. The second-order valence-electron chi connectivity index (χ2n) is 8.41. The minimum atomic E-state index is -0.731. The van der Waals surface area contributed by atoms with Crippen LogP contribution in [0, 0.1) is 11.3 Å². The third-order valence-corrected chi connectivity index (χ3v) is 6.78. The number of rotatable bonds is 3. The molecule has 0 bridgehead atoms. The SMILES string of the molecule is CC1(c2ccccc2)CC(NC(=O)N2C[C@@H]3CCC[C@@]3(C(=O)O)C2)C1. The van der Waals surface area contributed by atoms with Gasteiger partial charge in [-0.15, -0.1) is 0 Å². The van der Waals surface area contributed by atoms with Crippen molar-refractivity contribution in [1.82, 2.24) is 10.2 Å². The lowest BCUT2D eigenvalue weighted by Gasteiger charge is -2.46. The van der Waals surface area contributed by atoms with Gasteiger partial charge in [0.15, 0.2) is 0 Å². The molecule has 1 saturated heterocycles. The fourth-order valence-corrected chi connectivity index (χ4v) is 5.27. The largest absolute Gasteiger partial charge is 0.481 e. The molecule has 4 rings (SSSR count). The summed E-state index contributed by atoms with van der Waals surface area (Å²) in [5, 5.41) is 12.8. The summed E-state index contributed by atoms with van der Waals surface area (Å²) in [6.45, 7) is 3.19. The van der Waals surface area contributed by atoms with E-state index in [-0.39, 0.29) is 23.4 Å². The number of carbonyl (C=O) groups is 2. The van der Waals surface area contributed by atoms with Crippen LogP contribution in [0.5, 0.6) is 0 Å². The number of nitrogens with one attached hydrogen (secondary N) is 1. The van der Waals surface area contributed by atoms with Gasteiger partial charge in [0, 0.05) is 19.1 Å². The minimum Gasteiger partial charge on any atom is -0.481 e. The molecule has 0 unspecified atom stereocenters. The molecule has 3 fully saturated rings. The molecule has 2 atom stereocenters. The van der Waals surface area contributed by atoms with Crippen molar-refractivity contribution in [2.75, 3.05) is 13.1 Å². The summed E-state index contributed by atoms with van der Waals surface area (Å²) in [6.07, 6.45) is 4.45. The fraction of sp³-hybridized carbons (Fsp3) is 0.600. The summed E-state index contributed by atoms with van der Waals surface area (Å²) >= 11 is 0. The third kappa shape index (κ3) is 2.60. The molecule has 0 aromatic heterocycles. The molecule has 5 nitrogen and oxygen atoms in total. The Bertz CT molecular complexity index is 683. The Morgan fingerprint density at radius 2 is 1.96 bits per heavy atom. The van der Waals surface area contributed by atoms with Crippen LogP contribution in [0.2, 0.25) is 0 Å². The molecule has 0 spiro atoms. The van der Waals surface area contributed by atoms with E-state index >= 15 is 0 Å². The molecule has 3 aliphatic rings. The Morgan fingerprint density at radius 3 is 2.60 bits per heavy atom. The Hall–Kier alpha value is -2.04. The predicted octanol–water partition coefficient (Wildman–Crippen LogP) is 3.00. The predicted molar refractivity (Wildman–Crippen MR) is 94.3 cm³/mol. The first-order valence-corrected chi connectivity index (χ1v) is 9.27. The highest BCUT2D eigenvalue weighted by atomic mass is 16.4. The molecule has 2 saturated carbocycles. The van der Waals surface area contributed by atoms with Gasteiger partial charge in [-0.2, -0.15) is 0 Å². The maximum atomic E-state index is 12.6. The standard InChI is InChI=1S/C20H26N2O3/c1-19(14-6-3-2-4-7-14)10-16(11-19)21-18(25)22-12-15-8-5-9-20(15,13-22)17(23)24/h2-4,6-7,15-16H,5,8-13H2,1H3,(H,21,25)(H,23,24)/t15-,16?,19?,20+/m0/s1. The van der Waals surface area contributed by atoms with Crippen molar-refractivity contribution < 1.29 is 14.7 Å². The minimum absolute atomic E-state index is 0.0878. The number of nitrogens with zero attached hydrogens (tertiary/aromatic N) is 1. The summed E-state index contributed by atoms with van der Waals surface area (Å²) in [5.41, 5.74) is 0.749. The van der Waals surface area contributed by atoms with Gasteiger partial charge in [-0.3, -0.25) is 4.79 Å². The molecule has 1 aromatic carbocycles. The number of carboxylic acid groups (broad SMARTS) is 1. The molecule has 134 valence electrons. The van der Waals surface area contributed by atoms with Crippen molar-refractivity contribution in [2.24, 2.45) is 11.3 Å². The lowest BCUT2D eigenvalue weighted by Crippen LogP contribution is -2.54. The molecule has 25 heavy (non-hydrogen) atoms. The van der Waals surface area contributed by atoms with Gasteiger partial charge in [0.1, 0.15) is 0 Å². The van der Waals surface area contributed by atoms with E-state index in [1.54, 1.807) is 4.90 Å². The summed E-state index contributed by atoms with van der Waals surface area (Å²) < 4.78 is 0. The van der Waals surface area contributed by atoms with E-state index in [9.17, 15) is 14.7 Å². The van der Waals surface area contributed by atoms with Gasteiger partial charge in [-0.05, 0) is 42.6 Å². The summed E-state index contributed by atoms with van der Waals surface area (Å²) in [4.78, 5) is 26.1. The zero-order valence-corrected chi connectivity index (χ0v) is 14.7. The van der Waals surface area contributed by atoms with E-state index in [1.807, 2.05) is 6.07 Å². The van der Waals surface area contributed by atoms with Crippen molar-refractivity contribution in [2.45, 2.75) is 50.5 Å². The van der Waals surface area contributed by atoms with Crippen LogP contribution in [0.15, 0.2) is 30.3 Å². The molecule has 2 amide bonds. The topological polar surface area (TPSA) is 69.6 Å². The van der Waals surface area contributed by atoms with Crippen molar-refractivity contribution >= 4 is 12.0 Å². The number of aliphatic carboxylic acids is 1. The number of amides is 2. The highest BCUT2D eigenvalue weighted by Crippen LogP contribution is 2.49. The van der Waals surface area contributed by atoms with Gasteiger partial charge >= 0.3 is 12.0 Å². The van der Waals surface area contributed by atoms with Crippen molar-refractivity contribution in [1.29, 1.82) is 0 Å². The van der Waals surface area contributed by atoms with Crippen LogP contribution in [0.1, 0.15) is 44.6 Å². The third-order valence-electron chi connectivity index (χ3n) is 6.78. The Balaban J connectivity index is 1.35. The molecule has 2 N–H and O–H groups in total. The zero-order chi connectivity index (χ0) is 17.7. The number of hydrogen-bond acceptors (Lipinski definition) is 2. The van der Waals surface area contributed by atoms with Crippen molar-refractivity contribution in [3.05, 3.63) is 35.9 Å². The number of benzene rings is 1. The van der Waals surface area contributed by atoms with E-state index in [0.717, 1.165) is 25.7 Å². The molecular weight excluding hydrogens is 316 g/mol. The number of carbonyl (C=O) groups excluding carboxylic acids is 1. The van der Waals surface area contributed by atoms with Crippen LogP contribution >= 0.6 is 0 Å². The smallest absolute Gasteiger partial charge is 0.317 e. The van der Waals surface area contributed by atoms with E-state index in [2.05, 4.69) is 36.5 Å². The molecule has 1 aromatic rings. The number of hydrogen-bond donors (Lipinski definition) is 2. The molecule has 2 aliphatic carbocycles. The van der Waals surface area contributed by atoms with Crippen LogP contribution in [0.3, 0.4) is 0 Å². The van der Waals surface area contributed by atoms with E-state index < -0.39 is 11.4 Å². The van der Waals surface area contributed by atoms with Crippen molar-refractivity contribution in [3.63, 3.8) is 0 Å². The molecular formula is C20H26N2O3. The lowest BCUT2D eigenvalue weighted by molar-refractivity contribution is -0.149. The Labute approximate surface area is 148 Å². The maximum Gasteiger partial charge on any atom is 0.317 e. The molecule has 1 heterocycles. The van der Waals surface area contributed by atoms with Gasteiger partial charge < -0.3 is 15.3 Å². The van der Waals surface area contributed by atoms with Crippen LogP contribution in [-0.4, -0.2) is 41.1 Å². The van der Waals surface area contributed by atoms with Gasteiger partial charge in [-0.1, -0.05) is 43.7 Å². The van der Waals surface area contributed by atoms with Gasteiger partial charge in [0.2, 0.25) is 0 Å². The Kier molecular flexibility index (Phi) is 3.78.